The Labute approximate surface area is 169 Å². The summed E-state index contributed by atoms with van der Waals surface area (Å²) >= 11 is 0. The van der Waals surface area contributed by atoms with Crippen LogP contribution in [0.5, 0.6) is 0 Å². The van der Waals surface area contributed by atoms with Crippen LogP contribution in [0.4, 0.5) is 18.9 Å². The van der Waals surface area contributed by atoms with Gasteiger partial charge in [0.05, 0.1) is 23.6 Å². The first-order chi connectivity index (χ1) is 14.2. The van der Waals surface area contributed by atoms with Crippen LogP contribution in [0, 0.1) is 5.92 Å². The number of rotatable bonds is 4. The lowest BCUT2D eigenvalue weighted by atomic mass is 10.1. The zero-order chi connectivity index (χ0) is 21.6. The third-order valence-electron chi connectivity index (χ3n) is 4.99. The number of alkyl halides is 3. The Kier molecular flexibility index (Phi) is 4.77. The van der Waals surface area contributed by atoms with E-state index in [1.807, 2.05) is 6.20 Å². The van der Waals surface area contributed by atoms with Crippen molar-refractivity contribution >= 4 is 33.5 Å². The van der Waals surface area contributed by atoms with Gasteiger partial charge in [-0.2, -0.15) is 18.3 Å². The van der Waals surface area contributed by atoms with Gasteiger partial charge in [-0.05, 0) is 42.5 Å². The molecule has 6 nitrogen and oxygen atoms in total. The van der Waals surface area contributed by atoms with E-state index in [-0.39, 0.29) is 12.5 Å². The smallest absolute Gasteiger partial charge is 0.396 e. The van der Waals surface area contributed by atoms with E-state index in [9.17, 15) is 18.0 Å². The average Bonchev–Trinajstić information content (AvgIpc) is 3.21. The lowest BCUT2D eigenvalue weighted by Crippen LogP contribution is -2.22. The Morgan fingerprint density at radius 2 is 1.87 bits per heavy atom. The highest BCUT2D eigenvalue weighted by atomic mass is 19.4. The fourth-order valence-electron chi connectivity index (χ4n) is 3.38. The summed E-state index contributed by atoms with van der Waals surface area (Å²) in [6.07, 6.45) is -2.59. The van der Waals surface area contributed by atoms with Gasteiger partial charge >= 0.3 is 6.18 Å². The molecule has 1 atom stereocenters. The highest BCUT2D eigenvalue weighted by Crippen LogP contribution is 2.34. The van der Waals surface area contributed by atoms with Gasteiger partial charge in [0, 0.05) is 35.4 Å². The summed E-state index contributed by atoms with van der Waals surface area (Å²) in [4.78, 5) is 12.1. The summed E-state index contributed by atoms with van der Waals surface area (Å²) in [5, 5.41) is 18.0. The molecule has 0 bridgehead atoms. The number of hydrogen-bond donors (Lipinski definition) is 2. The number of nitrogens with one attached hydrogen (secondary N) is 1. The second-order valence-corrected chi connectivity index (χ2v) is 7.22. The zero-order valence-corrected chi connectivity index (χ0v) is 16.2. The van der Waals surface area contributed by atoms with Gasteiger partial charge in [0.25, 0.3) is 0 Å². The van der Waals surface area contributed by atoms with Crippen molar-refractivity contribution in [1.29, 1.82) is 0 Å². The molecule has 0 saturated carbocycles. The van der Waals surface area contributed by atoms with Crippen LogP contribution in [-0.2, 0) is 18.0 Å². The van der Waals surface area contributed by atoms with E-state index >= 15 is 0 Å². The fourth-order valence-corrected chi connectivity index (χ4v) is 3.38. The summed E-state index contributed by atoms with van der Waals surface area (Å²) in [5.74, 6) is -0.850. The second kappa shape index (κ2) is 7.17. The lowest BCUT2D eigenvalue weighted by molar-refractivity contribution is -0.137. The minimum absolute atomic E-state index is 0.259. The topological polar surface area (TPSA) is 72.1 Å². The van der Waals surface area contributed by atoms with Gasteiger partial charge in [-0.25, -0.2) is 0 Å². The highest BCUT2D eigenvalue weighted by Gasteiger charge is 2.30. The van der Waals surface area contributed by atoms with E-state index < -0.39 is 17.7 Å². The van der Waals surface area contributed by atoms with Gasteiger partial charge < -0.3 is 10.4 Å². The number of amides is 1. The minimum Gasteiger partial charge on any atom is -0.396 e. The predicted molar refractivity (Wildman–Crippen MR) is 107 cm³/mol. The first-order valence-electron chi connectivity index (χ1n) is 9.26. The maximum absolute atomic E-state index is 12.9. The van der Waals surface area contributed by atoms with Crippen molar-refractivity contribution in [2.24, 2.45) is 13.0 Å². The van der Waals surface area contributed by atoms with Crippen molar-refractivity contribution in [2.45, 2.75) is 13.1 Å². The quantitative estimate of drug-likeness (QED) is 0.526. The molecule has 2 heterocycles. The number of aliphatic hydroxyl groups is 1. The van der Waals surface area contributed by atoms with Crippen LogP contribution < -0.4 is 5.32 Å². The Hall–Kier alpha value is -3.33. The van der Waals surface area contributed by atoms with Gasteiger partial charge in [0.2, 0.25) is 5.91 Å². The maximum atomic E-state index is 12.9. The Morgan fingerprint density at radius 1 is 1.17 bits per heavy atom. The van der Waals surface area contributed by atoms with Crippen molar-refractivity contribution in [3.63, 3.8) is 0 Å². The van der Waals surface area contributed by atoms with Crippen LogP contribution in [0.25, 0.3) is 27.6 Å². The number of fused-ring (bicyclic) bond motifs is 3. The molecule has 2 aromatic carbocycles. The van der Waals surface area contributed by atoms with Crippen molar-refractivity contribution in [3.05, 3.63) is 54.2 Å². The molecule has 0 saturated heterocycles. The predicted octanol–water partition coefficient (Wildman–Crippen LogP) is 4.10. The Balaban J connectivity index is 1.84. The largest absolute Gasteiger partial charge is 0.416 e. The van der Waals surface area contributed by atoms with E-state index in [0.717, 1.165) is 28.4 Å². The normalized spacial score (nSPS) is 13.1. The van der Waals surface area contributed by atoms with Crippen LogP contribution in [0.15, 0.2) is 48.7 Å². The van der Waals surface area contributed by atoms with E-state index in [1.165, 1.54) is 12.1 Å². The van der Waals surface area contributed by atoms with E-state index in [4.69, 9.17) is 5.11 Å². The summed E-state index contributed by atoms with van der Waals surface area (Å²) in [6.45, 7) is 1.36. The molecule has 0 unspecified atom stereocenters. The van der Waals surface area contributed by atoms with Gasteiger partial charge in [-0.15, -0.1) is 0 Å². The number of carbonyl (C=O) groups excluding carboxylic acids is 1. The molecule has 4 aromatic rings. The molecule has 0 spiro atoms. The summed E-state index contributed by atoms with van der Waals surface area (Å²) < 4.78 is 42.2. The van der Waals surface area contributed by atoms with Gasteiger partial charge in [-0.1, -0.05) is 6.92 Å². The van der Waals surface area contributed by atoms with Crippen molar-refractivity contribution in [3.8, 4) is 5.69 Å². The molecule has 30 heavy (non-hydrogen) atoms. The highest BCUT2D eigenvalue weighted by molar-refractivity contribution is 6.09. The molecule has 0 radical (unpaired) electrons. The second-order valence-electron chi connectivity index (χ2n) is 7.22. The van der Waals surface area contributed by atoms with Crippen molar-refractivity contribution < 1.29 is 23.1 Å². The number of benzene rings is 2. The van der Waals surface area contributed by atoms with Crippen LogP contribution in [0.2, 0.25) is 0 Å². The summed E-state index contributed by atoms with van der Waals surface area (Å²) in [6, 6.07) is 10.2. The lowest BCUT2D eigenvalue weighted by Gasteiger charge is -2.11. The number of aryl methyl sites for hydroxylation is 1. The number of carbonyl (C=O) groups is 1. The van der Waals surface area contributed by atoms with E-state index in [2.05, 4.69) is 10.4 Å². The van der Waals surface area contributed by atoms with Crippen molar-refractivity contribution in [1.82, 2.24) is 14.3 Å². The molecule has 0 fully saturated rings. The summed E-state index contributed by atoms with van der Waals surface area (Å²) in [7, 11) is 1.76. The van der Waals surface area contributed by atoms with Crippen LogP contribution >= 0.6 is 0 Å². The van der Waals surface area contributed by atoms with E-state index in [0.29, 0.717) is 17.0 Å². The Bertz CT molecular complexity index is 1240. The fraction of sp³-hybridized carbons (Fsp3) is 0.238. The zero-order valence-electron chi connectivity index (χ0n) is 16.2. The first kappa shape index (κ1) is 20.0. The molecule has 0 aliphatic heterocycles. The molecule has 0 aliphatic carbocycles. The summed E-state index contributed by atoms with van der Waals surface area (Å²) in [5.41, 5.74) is 1.74. The maximum Gasteiger partial charge on any atom is 0.416 e. The molecule has 156 valence electrons. The molecular weight excluding hydrogens is 397 g/mol. The van der Waals surface area contributed by atoms with E-state index in [1.54, 1.807) is 41.4 Å². The number of nitrogens with zero attached hydrogens (tertiary/aromatic N) is 3. The minimum atomic E-state index is -4.41. The van der Waals surface area contributed by atoms with Gasteiger partial charge in [0.1, 0.15) is 0 Å². The third kappa shape index (κ3) is 3.41. The van der Waals surface area contributed by atoms with Crippen LogP contribution in [0.1, 0.15) is 12.5 Å². The number of aromatic nitrogens is 3. The molecule has 2 aromatic heterocycles. The number of hydrogen-bond acceptors (Lipinski definition) is 3. The number of anilines is 1. The molecule has 4 rings (SSSR count). The average molecular weight is 416 g/mol. The van der Waals surface area contributed by atoms with Crippen LogP contribution in [-0.4, -0.2) is 32.0 Å². The third-order valence-corrected chi connectivity index (χ3v) is 4.99. The molecule has 9 heteroatoms. The number of aliphatic hydroxyl groups excluding tert-OH is 1. The van der Waals surface area contributed by atoms with Crippen LogP contribution in [0.3, 0.4) is 0 Å². The van der Waals surface area contributed by atoms with Gasteiger partial charge in [0.15, 0.2) is 5.65 Å². The monoisotopic (exact) mass is 416 g/mol. The molecule has 0 aliphatic rings. The SMILES string of the molecule is C[C@@H](CO)C(=O)Nc1ccc2c(c1)c1cn(C)nc1n2-c1ccc(C(F)(F)F)cc1. The standard InChI is InChI=1S/C21H19F3N4O2/c1-12(11-29)20(30)25-14-5-8-18-16(9-14)17-10-27(2)26-19(17)28(18)15-6-3-13(4-7-15)21(22,23)24/h3-10,12,29H,11H2,1-2H3,(H,25,30)/t12-/m0/s1. The Morgan fingerprint density at radius 3 is 2.50 bits per heavy atom. The first-order valence-corrected chi connectivity index (χ1v) is 9.26. The van der Waals surface area contributed by atoms with Crippen molar-refractivity contribution in [2.75, 3.05) is 11.9 Å². The molecule has 1 amide bonds. The number of halogens is 3. The van der Waals surface area contributed by atoms with Gasteiger partial charge in [-0.3, -0.25) is 14.0 Å². The molecular formula is C21H19F3N4O2. The molecule has 2 N–H and O–H groups in total.